The van der Waals surface area contributed by atoms with Crippen molar-refractivity contribution in [2.24, 2.45) is 0 Å². The number of ether oxygens (including phenoxy) is 1. The third-order valence-electron chi connectivity index (χ3n) is 4.66. The van der Waals surface area contributed by atoms with Gasteiger partial charge in [-0.3, -0.25) is 4.79 Å². The Kier molecular flexibility index (Phi) is 5.53. The summed E-state index contributed by atoms with van der Waals surface area (Å²) in [5.74, 6) is -0.940. The van der Waals surface area contributed by atoms with Crippen LogP contribution in [0.2, 0.25) is 5.02 Å². The van der Waals surface area contributed by atoms with E-state index in [2.05, 4.69) is 10.3 Å². The molecule has 4 rings (SSSR count). The van der Waals surface area contributed by atoms with Gasteiger partial charge >= 0.3 is 5.97 Å². The Morgan fingerprint density at radius 1 is 1.07 bits per heavy atom. The Morgan fingerprint density at radius 3 is 2.63 bits per heavy atom. The van der Waals surface area contributed by atoms with E-state index >= 15 is 0 Å². The number of fused-ring (bicyclic) bond motifs is 1. The minimum absolute atomic E-state index is 0.198. The number of carbonyl (C=O) groups is 2. The smallest absolute Gasteiger partial charge is 0.337 e. The second kappa shape index (κ2) is 8.26. The van der Waals surface area contributed by atoms with Gasteiger partial charge in [-0.2, -0.15) is 0 Å². The van der Waals surface area contributed by atoms with Crippen LogP contribution in [0.15, 0.2) is 60.7 Å². The maximum Gasteiger partial charge on any atom is 0.337 e. The number of amides is 1. The first-order chi connectivity index (χ1) is 14.5. The van der Waals surface area contributed by atoms with Gasteiger partial charge in [0.05, 0.1) is 33.5 Å². The molecule has 0 bridgehead atoms. The zero-order chi connectivity index (χ0) is 21.3. The zero-order valence-electron chi connectivity index (χ0n) is 16.2. The second-order valence-electron chi connectivity index (χ2n) is 6.66. The molecule has 0 aliphatic carbocycles. The number of aryl methyl sites for hydroxylation is 1. The largest absolute Gasteiger partial charge is 0.465 e. The lowest BCUT2D eigenvalue weighted by molar-refractivity contribution is 0.0600. The van der Waals surface area contributed by atoms with Crippen LogP contribution in [-0.2, 0) is 4.74 Å². The number of hydrogen-bond donors (Lipinski definition) is 1. The van der Waals surface area contributed by atoms with Crippen LogP contribution in [0.3, 0.4) is 0 Å². The number of nitrogens with zero attached hydrogens (tertiary/aromatic N) is 1. The summed E-state index contributed by atoms with van der Waals surface area (Å²) in [4.78, 5) is 29.3. The van der Waals surface area contributed by atoms with Gasteiger partial charge in [-0.05, 0) is 48.9 Å². The van der Waals surface area contributed by atoms with Gasteiger partial charge in [0, 0.05) is 11.3 Å². The Balaban J connectivity index is 1.66. The van der Waals surface area contributed by atoms with Crippen molar-refractivity contribution in [3.63, 3.8) is 0 Å². The number of benzene rings is 3. The van der Waals surface area contributed by atoms with E-state index in [0.717, 1.165) is 26.4 Å². The number of carbonyl (C=O) groups excluding carboxylic acids is 2. The van der Waals surface area contributed by atoms with Gasteiger partial charge in [0.2, 0.25) is 0 Å². The number of thiazole rings is 1. The molecule has 0 fully saturated rings. The number of halogens is 1. The van der Waals surface area contributed by atoms with Gasteiger partial charge in [0.15, 0.2) is 0 Å². The van der Waals surface area contributed by atoms with E-state index < -0.39 is 11.9 Å². The van der Waals surface area contributed by atoms with Gasteiger partial charge in [-0.1, -0.05) is 35.9 Å². The summed E-state index contributed by atoms with van der Waals surface area (Å²) < 4.78 is 5.82. The number of aromatic nitrogens is 1. The summed E-state index contributed by atoms with van der Waals surface area (Å²) in [5.41, 5.74) is 3.85. The molecule has 7 heteroatoms. The van der Waals surface area contributed by atoms with Crippen LogP contribution in [0.4, 0.5) is 5.69 Å². The van der Waals surface area contributed by atoms with Crippen LogP contribution in [-0.4, -0.2) is 24.0 Å². The number of methoxy groups -OCH3 is 1. The maximum atomic E-state index is 12.9. The summed E-state index contributed by atoms with van der Waals surface area (Å²) in [5, 5.41) is 4.02. The fraction of sp³-hybridized carbons (Fsp3) is 0.0870. The fourth-order valence-electron chi connectivity index (χ4n) is 3.02. The molecule has 4 aromatic rings. The van der Waals surface area contributed by atoms with E-state index in [1.54, 1.807) is 11.3 Å². The van der Waals surface area contributed by atoms with E-state index in [1.165, 1.54) is 25.3 Å². The molecule has 3 aromatic carbocycles. The lowest BCUT2D eigenvalue weighted by Crippen LogP contribution is -2.14. The number of nitrogens with one attached hydrogen (secondary N) is 1. The second-order valence-corrected chi connectivity index (χ2v) is 8.09. The SMILES string of the molecule is COC(=O)c1ccc(Cl)c(C(=O)Nc2cc(-c3nc4ccccc4s3)ccc2C)c1. The average Bonchev–Trinajstić information content (AvgIpc) is 3.19. The number of para-hydroxylation sites is 1. The van der Waals surface area contributed by atoms with Gasteiger partial charge in [0.25, 0.3) is 5.91 Å². The van der Waals surface area contributed by atoms with Crippen molar-refractivity contribution in [1.29, 1.82) is 0 Å². The Bertz CT molecular complexity index is 1250. The number of anilines is 1. The van der Waals surface area contributed by atoms with Crippen LogP contribution < -0.4 is 5.32 Å². The molecule has 0 aliphatic rings. The predicted octanol–water partition coefficient (Wildman–Crippen LogP) is 5.96. The highest BCUT2D eigenvalue weighted by Crippen LogP contribution is 2.32. The Morgan fingerprint density at radius 2 is 1.87 bits per heavy atom. The molecule has 0 aliphatic heterocycles. The van der Waals surface area contributed by atoms with E-state index in [1.807, 2.05) is 49.4 Å². The maximum absolute atomic E-state index is 12.9. The fourth-order valence-corrected chi connectivity index (χ4v) is 4.18. The van der Waals surface area contributed by atoms with E-state index in [9.17, 15) is 9.59 Å². The van der Waals surface area contributed by atoms with E-state index in [4.69, 9.17) is 16.3 Å². The highest BCUT2D eigenvalue weighted by molar-refractivity contribution is 7.21. The van der Waals surface area contributed by atoms with Crippen molar-refractivity contribution in [3.05, 3.63) is 82.4 Å². The van der Waals surface area contributed by atoms with Crippen LogP contribution in [0, 0.1) is 6.92 Å². The summed E-state index contributed by atoms with van der Waals surface area (Å²) in [6.45, 7) is 1.91. The Hall–Kier alpha value is -3.22. The average molecular weight is 437 g/mol. The van der Waals surface area contributed by atoms with Crippen molar-refractivity contribution in [2.45, 2.75) is 6.92 Å². The molecule has 0 atom stereocenters. The molecule has 5 nitrogen and oxygen atoms in total. The summed E-state index contributed by atoms with van der Waals surface area (Å²) in [6, 6.07) is 18.2. The van der Waals surface area contributed by atoms with Gasteiger partial charge in [-0.15, -0.1) is 11.3 Å². The normalized spacial score (nSPS) is 10.8. The lowest BCUT2D eigenvalue weighted by atomic mass is 10.1. The minimum atomic E-state index is -0.533. The standard InChI is InChI=1S/C23H17ClN2O3S/c1-13-7-8-14(22-26-18-5-3-4-6-20(18)30-22)12-19(13)25-21(27)16-11-15(23(28)29-2)9-10-17(16)24/h3-12H,1-2H3,(H,25,27). The van der Waals surface area contributed by atoms with Gasteiger partial charge < -0.3 is 10.1 Å². The quantitative estimate of drug-likeness (QED) is 0.400. The van der Waals surface area contributed by atoms with Crippen LogP contribution in [0.5, 0.6) is 0 Å². The third kappa shape index (κ3) is 3.92. The van der Waals surface area contributed by atoms with Crippen molar-refractivity contribution in [3.8, 4) is 10.6 Å². The molecule has 0 unspecified atom stereocenters. The summed E-state index contributed by atoms with van der Waals surface area (Å²) in [7, 11) is 1.29. The monoisotopic (exact) mass is 436 g/mol. The molecule has 1 N–H and O–H groups in total. The molecule has 1 amide bonds. The number of hydrogen-bond acceptors (Lipinski definition) is 5. The van der Waals surface area contributed by atoms with Crippen LogP contribution >= 0.6 is 22.9 Å². The van der Waals surface area contributed by atoms with Crippen molar-refractivity contribution in [2.75, 3.05) is 12.4 Å². The highest BCUT2D eigenvalue weighted by atomic mass is 35.5. The molecule has 30 heavy (non-hydrogen) atoms. The van der Waals surface area contributed by atoms with Gasteiger partial charge in [0.1, 0.15) is 5.01 Å². The molecule has 1 heterocycles. The van der Waals surface area contributed by atoms with Crippen molar-refractivity contribution >= 4 is 50.7 Å². The first kappa shape index (κ1) is 20.1. The zero-order valence-corrected chi connectivity index (χ0v) is 17.8. The number of esters is 1. The van der Waals surface area contributed by atoms with Gasteiger partial charge in [-0.25, -0.2) is 9.78 Å². The molecule has 0 saturated heterocycles. The Labute approximate surface area is 182 Å². The van der Waals surface area contributed by atoms with Crippen molar-refractivity contribution < 1.29 is 14.3 Å². The molecule has 150 valence electrons. The van der Waals surface area contributed by atoms with Crippen molar-refractivity contribution in [1.82, 2.24) is 4.98 Å². The number of rotatable bonds is 4. The van der Waals surface area contributed by atoms with Crippen LogP contribution in [0.1, 0.15) is 26.3 Å². The van der Waals surface area contributed by atoms with E-state index in [-0.39, 0.29) is 16.1 Å². The highest BCUT2D eigenvalue weighted by Gasteiger charge is 2.16. The predicted molar refractivity (Wildman–Crippen MR) is 121 cm³/mol. The topological polar surface area (TPSA) is 68.3 Å². The molecular weight excluding hydrogens is 420 g/mol. The molecule has 0 radical (unpaired) electrons. The molecule has 1 aromatic heterocycles. The summed E-state index contributed by atoms with van der Waals surface area (Å²) in [6.07, 6.45) is 0. The first-order valence-corrected chi connectivity index (χ1v) is 10.3. The molecule has 0 spiro atoms. The summed E-state index contributed by atoms with van der Waals surface area (Å²) >= 11 is 7.79. The first-order valence-electron chi connectivity index (χ1n) is 9.12. The molecule has 0 saturated carbocycles. The van der Waals surface area contributed by atoms with Crippen LogP contribution in [0.25, 0.3) is 20.8 Å². The minimum Gasteiger partial charge on any atom is -0.465 e. The third-order valence-corrected chi connectivity index (χ3v) is 6.07. The van der Waals surface area contributed by atoms with E-state index in [0.29, 0.717) is 5.69 Å². The molecular formula is C23H17ClN2O3S. The lowest BCUT2D eigenvalue weighted by Gasteiger charge is -2.11.